The highest BCUT2D eigenvalue weighted by atomic mass is 16.3. The van der Waals surface area contributed by atoms with E-state index >= 15 is 0 Å². The smallest absolute Gasteiger partial charge is 0.192 e. The van der Waals surface area contributed by atoms with Gasteiger partial charge in [-0.15, -0.1) is 0 Å². The van der Waals surface area contributed by atoms with Gasteiger partial charge in [0.1, 0.15) is 5.52 Å². The van der Waals surface area contributed by atoms with E-state index in [0.29, 0.717) is 5.92 Å². The van der Waals surface area contributed by atoms with Crippen LogP contribution in [-0.4, -0.2) is 11.5 Å². The number of hydrogen-bond donors (Lipinski definition) is 1. The second-order valence-corrected chi connectivity index (χ2v) is 4.25. The zero-order valence-corrected chi connectivity index (χ0v) is 9.86. The van der Waals surface area contributed by atoms with Gasteiger partial charge in [-0.05, 0) is 36.6 Å². The number of rotatable bonds is 4. The van der Waals surface area contributed by atoms with E-state index in [-0.39, 0.29) is 0 Å². The van der Waals surface area contributed by atoms with E-state index in [1.165, 1.54) is 5.56 Å². The minimum absolute atomic E-state index is 0.557. The zero-order chi connectivity index (χ0) is 11.5. The third-order valence-electron chi connectivity index (χ3n) is 2.99. The maximum Gasteiger partial charge on any atom is 0.192 e. The van der Waals surface area contributed by atoms with Gasteiger partial charge in [0.15, 0.2) is 11.5 Å². The Morgan fingerprint density at radius 1 is 1.44 bits per heavy atom. The first-order valence-electron chi connectivity index (χ1n) is 5.79. The molecule has 0 amide bonds. The SMILES string of the molecule is CCC(CN)Cc1ccc2nc(C)oc2c1. The Balaban J connectivity index is 2.24. The van der Waals surface area contributed by atoms with Crippen molar-refractivity contribution in [3.63, 3.8) is 0 Å². The topological polar surface area (TPSA) is 52.0 Å². The Hall–Kier alpha value is -1.35. The highest BCUT2D eigenvalue weighted by Crippen LogP contribution is 2.19. The Morgan fingerprint density at radius 3 is 2.94 bits per heavy atom. The van der Waals surface area contributed by atoms with Crippen LogP contribution in [0.2, 0.25) is 0 Å². The molecular weight excluding hydrogens is 200 g/mol. The molecule has 0 fully saturated rings. The second-order valence-electron chi connectivity index (χ2n) is 4.25. The summed E-state index contributed by atoms with van der Waals surface area (Å²) in [4.78, 5) is 4.28. The largest absolute Gasteiger partial charge is 0.441 e. The van der Waals surface area contributed by atoms with Crippen molar-refractivity contribution in [2.75, 3.05) is 6.54 Å². The summed E-state index contributed by atoms with van der Waals surface area (Å²) in [6.07, 6.45) is 2.13. The fourth-order valence-electron chi connectivity index (χ4n) is 1.94. The number of nitrogens with zero attached hydrogens (tertiary/aromatic N) is 1. The van der Waals surface area contributed by atoms with Gasteiger partial charge < -0.3 is 10.2 Å². The van der Waals surface area contributed by atoms with Gasteiger partial charge in [-0.3, -0.25) is 0 Å². The molecule has 0 radical (unpaired) electrons. The van der Waals surface area contributed by atoms with Crippen LogP contribution in [0.1, 0.15) is 24.8 Å². The lowest BCUT2D eigenvalue weighted by Gasteiger charge is -2.11. The first-order valence-corrected chi connectivity index (χ1v) is 5.79. The summed E-state index contributed by atoms with van der Waals surface area (Å²) >= 11 is 0. The Bertz CT molecular complexity index is 472. The average Bonchev–Trinajstić information content (AvgIpc) is 2.65. The quantitative estimate of drug-likeness (QED) is 0.858. The van der Waals surface area contributed by atoms with E-state index in [0.717, 1.165) is 36.4 Å². The Labute approximate surface area is 95.7 Å². The summed E-state index contributed by atoms with van der Waals surface area (Å²) in [5.74, 6) is 1.28. The van der Waals surface area contributed by atoms with Gasteiger partial charge in [-0.2, -0.15) is 0 Å². The van der Waals surface area contributed by atoms with Gasteiger partial charge in [-0.1, -0.05) is 19.4 Å². The molecule has 3 nitrogen and oxygen atoms in total. The maximum atomic E-state index is 5.71. The normalized spacial score (nSPS) is 13.2. The lowest BCUT2D eigenvalue weighted by molar-refractivity contribution is 0.518. The fourth-order valence-corrected chi connectivity index (χ4v) is 1.94. The molecule has 2 aromatic rings. The van der Waals surface area contributed by atoms with Crippen LogP contribution in [0.4, 0.5) is 0 Å². The summed E-state index contributed by atoms with van der Waals surface area (Å²) in [5, 5.41) is 0. The highest BCUT2D eigenvalue weighted by molar-refractivity contribution is 5.73. The molecule has 2 N–H and O–H groups in total. The van der Waals surface area contributed by atoms with E-state index in [1.807, 2.05) is 13.0 Å². The zero-order valence-electron chi connectivity index (χ0n) is 9.86. The van der Waals surface area contributed by atoms with Gasteiger partial charge in [-0.25, -0.2) is 4.98 Å². The molecule has 0 aliphatic carbocycles. The molecule has 1 unspecified atom stereocenters. The van der Waals surface area contributed by atoms with E-state index in [1.54, 1.807) is 0 Å². The summed E-state index contributed by atoms with van der Waals surface area (Å²) in [5.41, 5.74) is 8.80. The Kier molecular flexibility index (Phi) is 3.25. The summed E-state index contributed by atoms with van der Waals surface area (Å²) in [7, 11) is 0. The van der Waals surface area contributed by atoms with Gasteiger partial charge in [0, 0.05) is 6.92 Å². The summed E-state index contributed by atoms with van der Waals surface area (Å²) < 4.78 is 5.52. The van der Waals surface area contributed by atoms with Crippen LogP contribution in [0.15, 0.2) is 22.6 Å². The van der Waals surface area contributed by atoms with Crippen LogP contribution in [-0.2, 0) is 6.42 Å². The van der Waals surface area contributed by atoms with Gasteiger partial charge >= 0.3 is 0 Å². The van der Waals surface area contributed by atoms with Gasteiger partial charge in [0.2, 0.25) is 0 Å². The molecule has 2 rings (SSSR count). The van der Waals surface area contributed by atoms with E-state index in [2.05, 4.69) is 24.0 Å². The number of hydrogen-bond acceptors (Lipinski definition) is 3. The number of aromatic nitrogens is 1. The van der Waals surface area contributed by atoms with Crippen molar-refractivity contribution < 1.29 is 4.42 Å². The second kappa shape index (κ2) is 4.66. The first-order chi connectivity index (χ1) is 7.72. The minimum atomic E-state index is 0.557. The summed E-state index contributed by atoms with van der Waals surface area (Å²) in [6.45, 7) is 4.78. The third kappa shape index (κ3) is 2.25. The van der Waals surface area contributed by atoms with Gasteiger partial charge in [0.05, 0.1) is 0 Å². The third-order valence-corrected chi connectivity index (χ3v) is 2.99. The van der Waals surface area contributed by atoms with E-state index < -0.39 is 0 Å². The molecule has 0 aliphatic heterocycles. The number of benzene rings is 1. The number of fused-ring (bicyclic) bond motifs is 1. The maximum absolute atomic E-state index is 5.71. The molecule has 86 valence electrons. The van der Waals surface area contributed by atoms with Crippen molar-refractivity contribution in [2.24, 2.45) is 11.7 Å². The predicted molar refractivity (Wildman–Crippen MR) is 65.3 cm³/mol. The molecule has 1 aromatic heterocycles. The van der Waals surface area contributed by atoms with Crippen LogP contribution in [0.25, 0.3) is 11.1 Å². The molecule has 1 atom stereocenters. The predicted octanol–water partition coefficient (Wildman–Crippen LogP) is 2.66. The van der Waals surface area contributed by atoms with Crippen LogP contribution in [0.3, 0.4) is 0 Å². The first kappa shape index (κ1) is 11.1. The van der Waals surface area contributed by atoms with E-state index in [4.69, 9.17) is 10.2 Å². The molecule has 3 heteroatoms. The highest BCUT2D eigenvalue weighted by Gasteiger charge is 2.08. The molecule has 1 heterocycles. The van der Waals surface area contributed by atoms with Crippen molar-refractivity contribution >= 4 is 11.1 Å². The molecule has 16 heavy (non-hydrogen) atoms. The molecule has 0 spiro atoms. The van der Waals surface area contributed by atoms with Crippen molar-refractivity contribution in [1.29, 1.82) is 0 Å². The Morgan fingerprint density at radius 2 is 2.25 bits per heavy atom. The molecule has 0 saturated heterocycles. The van der Waals surface area contributed by atoms with Gasteiger partial charge in [0.25, 0.3) is 0 Å². The average molecular weight is 218 g/mol. The van der Waals surface area contributed by atoms with Crippen LogP contribution < -0.4 is 5.73 Å². The molecule has 1 aromatic carbocycles. The minimum Gasteiger partial charge on any atom is -0.441 e. The van der Waals surface area contributed by atoms with Crippen molar-refractivity contribution in [3.8, 4) is 0 Å². The van der Waals surface area contributed by atoms with Crippen LogP contribution in [0, 0.1) is 12.8 Å². The van der Waals surface area contributed by atoms with Crippen molar-refractivity contribution in [1.82, 2.24) is 4.98 Å². The van der Waals surface area contributed by atoms with E-state index in [9.17, 15) is 0 Å². The lowest BCUT2D eigenvalue weighted by Crippen LogP contribution is -2.15. The molecule has 0 saturated carbocycles. The standard InChI is InChI=1S/C13H18N2O/c1-3-10(8-14)6-11-4-5-12-13(7-11)16-9(2)15-12/h4-5,7,10H,3,6,8,14H2,1-2H3. The van der Waals surface area contributed by atoms with Crippen LogP contribution >= 0.6 is 0 Å². The molecule has 0 bridgehead atoms. The molecule has 0 aliphatic rings. The van der Waals surface area contributed by atoms with Crippen molar-refractivity contribution in [2.45, 2.75) is 26.7 Å². The van der Waals surface area contributed by atoms with Crippen LogP contribution in [0.5, 0.6) is 0 Å². The fraction of sp³-hybridized carbons (Fsp3) is 0.462. The monoisotopic (exact) mass is 218 g/mol. The summed E-state index contributed by atoms with van der Waals surface area (Å²) in [6, 6.07) is 6.21. The molecular formula is C13H18N2O. The number of oxazole rings is 1. The van der Waals surface area contributed by atoms with Crippen molar-refractivity contribution in [3.05, 3.63) is 29.7 Å². The lowest BCUT2D eigenvalue weighted by atomic mass is 9.97. The number of nitrogens with two attached hydrogens (primary N) is 1. The number of aryl methyl sites for hydroxylation is 1.